The van der Waals surface area contributed by atoms with Crippen LogP contribution in [0.4, 0.5) is 5.82 Å². The molecule has 0 saturated carbocycles. The van der Waals surface area contributed by atoms with Gasteiger partial charge in [-0.25, -0.2) is 14.6 Å². The first kappa shape index (κ1) is 21.2. The van der Waals surface area contributed by atoms with E-state index in [1.807, 2.05) is 39.0 Å². The van der Waals surface area contributed by atoms with Crippen molar-refractivity contribution in [2.75, 3.05) is 31.5 Å². The zero-order chi connectivity index (χ0) is 22.0. The molecule has 0 aliphatic carbocycles. The molecule has 0 spiro atoms. The predicted octanol–water partition coefficient (Wildman–Crippen LogP) is 2.46. The number of rotatable bonds is 6. The van der Waals surface area contributed by atoms with Crippen molar-refractivity contribution in [2.45, 2.75) is 33.6 Å². The Bertz CT molecular complexity index is 1070. The molecule has 164 valence electrons. The Kier molecular flexibility index (Phi) is 6.15. The van der Waals surface area contributed by atoms with E-state index in [-0.39, 0.29) is 5.91 Å². The summed E-state index contributed by atoms with van der Waals surface area (Å²) in [6.07, 6.45) is 2.19. The van der Waals surface area contributed by atoms with Crippen molar-refractivity contribution in [3.05, 3.63) is 41.4 Å². The lowest BCUT2D eigenvalue weighted by Crippen LogP contribution is -2.42. The molecule has 9 nitrogen and oxygen atoms in total. The number of carbonyl (C=O) groups excluding carboxylic acids is 1. The van der Waals surface area contributed by atoms with Gasteiger partial charge in [-0.05, 0) is 70.8 Å². The highest BCUT2D eigenvalue weighted by Crippen LogP contribution is 2.23. The summed E-state index contributed by atoms with van der Waals surface area (Å²) >= 11 is 0. The summed E-state index contributed by atoms with van der Waals surface area (Å²) in [5, 5.41) is 7.44. The van der Waals surface area contributed by atoms with Crippen molar-refractivity contribution in [3.8, 4) is 17.4 Å². The molecule has 1 atom stereocenters. The molecule has 4 rings (SSSR count). The lowest BCUT2D eigenvalue weighted by atomic mass is 9.98. The van der Waals surface area contributed by atoms with Crippen molar-refractivity contribution in [2.24, 2.45) is 11.7 Å². The Hall–Kier alpha value is -3.04. The van der Waals surface area contributed by atoms with Crippen molar-refractivity contribution < 1.29 is 9.21 Å². The Balaban J connectivity index is 1.59. The summed E-state index contributed by atoms with van der Waals surface area (Å²) < 4.78 is 7.45. The molecule has 1 saturated heterocycles. The minimum Gasteiger partial charge on any atom is -0.458 e. The molecular weight excluding hydrogens is 394 g/mol. The molecule has 1 amide bonds. The molecule has 31 heavy (non-hydrogen) atoms. The van der Waals surface area contributed by atoms with E-state index in [0.717, 1.165) is 43.1 Å². The molecule has 1 fully saturated rings. The quantitative estimate of drug-likeness (QED) is 0.626. The number of hydrogen-bond acceptors (Lipinski definition) is 7. The highest BCUT2D eigenvalue weighted by Gasteiger charge is 2.21. The molecule has 3 aromatic heterocycles. The normalized spacial score (nSPS) is 17.1. The van der Waals surface area contributed by atoms with Gasteiger partial charge in [-0.2, -0.15) is 5.10 Å². The second-order valence-electron chi connectivity index (χ2n) is 8.21. The van der Waals surface area contributed by atoms with Gasteiger partial charge in [-0.3, -0.25) is 9.69 Å². The minimum atomic E-state index is -0.114. The second-order valence-corrected chi connectivity index (χ2v) is 8.21. The molecule has 1 aliphatic rings. The molecule has 0 bridgehead atoms. The van der Waals surface area contributed by atoms with E-state index in [1.54, 1.807) is 10.7 Å². The van der Waals surface area contributed by atoms with Crippen molar-refractivity contribution in [3.63, 3.8) is 0 Å². The number of piperidine rings is 1. The molecular formula is C22H29N7O2. The average Bonchev–Trinajstić information content (AvgIpc) is 3.32. The van der Waals surface area contributed by atoms with E-state index in [9.17, 15) is 4.79 Å². The van der Waals surface area contributed by atoms with E-state index >= 15 is 0 Å². The van der Waals surface area contributed by atoms with Crippen LogP contribution in [0, 0.1) is 26.7 Å². The highest BCUT2D eigenvalue weighted by molar-refractivity contribution is 5.91. The number of hydrogen-bond donors (Lipinski definition) is 2. The lowest BCUT2D eigenvalue weighted by Gasteiger charge is -2.31. The first-order valence-electron chi connectivity index (χ1n) is 10.6. The number of aromatic nitrogens is 4. The van der Waals surface area contributed by atoms with Crippen LogP contribution in [0.1, 0.15) is 30.0 Å². The van der Waals surface area contributed by atoms with Crippen molar-refractivity contribution in [1.29, 1.82) is 0 Å². The molecule has 4 heterocycles. The fourth-order valence-electron chi connectivity index (χ4n) is 4.01. The van der Waals surface area contributed by atoms with Crippen molar-refractivity contribution >= 4 is 11.7 Å². The van der Waals surface area contributed by atoms with E-state index < -0.39 is 0 Å². The number of amides is 1. The molecule has 3 aromatic rings. The Morgan fingerprint density at radius 1 is 1.26 bits per heavy atom. The van der Waals surface area contributed by atoms with Crippen LogP contribution >= 0.6 is 0 Å². The number of anilines is 1. The van der Waals surface area contributed by atoms with Gasteiger partial charge < -0.3 is 15.5 Å². The number of carbonyl (C=O) groups is 1. The third-order valence-electron chi connectivity index (χ3n) is 5.47. The highest BCUT2D eigenvalue weighted by atomic mass is 16.3. The van der Waals surface area contributed by atoms with Crippen LogP contribution in [0.15, 0.2) is 28.7 Å². The average molecular weight is 424 g/mol. The first-order valence-corrected chi connectivity index (χ1v) is 10.6. The molecule has 9 heteroatoms. The minimum absolute atomic E-state index is 0.114. The summed E-state index contributed by atoms with van der Waals surface area (Å²) in [6, 6.07) is 7.38. The van der Waals surface area contributed by atoms with Gasteiger partial charge in [0.25, 0.3) is 0 Å². The standard InChI is InChI=1S/C22H29N7O2/c1-14-9-15(2)29(27-14)20-10-19(25-22(26-20)18-7-6-16(3)31-18)24-21(30)13-28-8-4-5-17(11-23)12-28/h6-7,9-10,17H,4-5,8,11-13,23H2,1-3H3,(H,24,25,26,30)/t17-/m0/s1. The molecule has 0 unspecified atom stereocenters. The van der Waals surface area contributed by atoms with Gasteiger partial charge in [0.05, 0.1) is 12.2 Å². The lowest BCUT2D eigenvalue weighted by molar-refractivity contribution is -0.117. The number of furan rings is 1. The van der Waals surface area contributed by atoms with E-state index in [4.69, 9.17) is 10.2 Å². The van der Waals surface area contributed by atoms with E-state index in [1.165, 1.54) is 0 Å². The zero-order valence-electron chi connectivity index (χ0n) is 18.3. The number of nitrogens with two attached hydrogens (primary N) is 1. The van der Waals surface area contributed by atoms with Gasteiger partial charge >= 0.3 is 0 Å². The summed E-state index contributed by atoms with van der Waals surface area (Å²) in [6.45, 7) is 8.47. The van der Waals surface area contributed by atoms with Crippen LogP contribution in [-0.4, -0.2) is 56.7 Å². The fraction of sp³-hybridized carbons (Fsp3) is 0.455. The maximum absolute atomic E-state index is 12.8. The molecule has 3 N–H and O–H groups in total. The number of likely N-dealkylation sites (tertiary alicyclic amines) is 1. The summed E-state index contributed by atoms with van der Waals surface area (Å²) in [5.41, 5.74) is 7.64. The number of nitrogens with zero attached hydrogens (tertiary/aromatic N) is 5. The summed E-state index contributed by atoms with van der Waals surface area (Å²) in [4.78, 5) is 24.1. The molecule has 0 radical (unpaired) electrons. The molecule has 0 aromatic carbocycles. The van der Waals surface area contributed by atoms with Crippen LogP contribution in [0.3, 0.4) is 0 Å². The van der Waals surface area contributed by atoms with E-state index in [2.05, 4.69) is 25.3 Å². The van der Waals surface area contributed by atoms with Gasteiger partial charge in [0, 0.05) is 18.3 Å². The maximum atomic E-state index is 12.8. The third kappa shape index (κ3) is 5.00. The molecule has 1 aliphatic heterocycles. The predicted molar refractivity (Wildman–Crippen MR) is 118 cm³/mol. The maximum Gasteiger partial charge on any atom is 0.239 e. The Morgan fingerprint density at radius 2 is 2.10 bits per heavy atom. The largest absolute Gasteiger partial charge is 0.458 e. The van der Waals surface area contributed by atoms with Crippen LogP contribution in [0.25, 0.3) is 17.4 Å². The van der Waals surface area contributed by atoms with Crippen LogP contribution in [-0.2, 0) is 4.79 Å². The van der Waals surface area contributed by atoms with E-state index in [0.29, 0.717) is 42.2 Å². The van der Waals surface area contributed by atoms with Gasteiger partial charge in [0.2, 0.25) is 5.91 Å². The Labute approximate surface area is 181 Å². The first-order chi connectivity index (χ1) is 14.9. The fourth-order valence-corrected chi connectivity index (χ4v) is 4.01. The van der Waals surface area contributed by atoms with Crippen LogP contribution in [0.5, 0.6) is 0 Å². The van der Waals surface area contributed by atoms with Gasteiger partial charge in [0.1, 0.15) is 11.6 Å². The monoisotopic (exact) mass is 423 g/mol. The van der Waals surface area contributed by atoms with Gasteiger partial charge in [-0.15, -0.1) is 0 Å². The second kappa shape index (κ2) is 8.99. The zero-order valence-corrected chi connectivity index (χ0v) is 18.3. The SMILES string of the molecule is Cc1cc(C)n(-c2cc(NC(=O)CN3CCC[C@@H](CN)C3)nc(-c3ccc(C)o3)n2)n1. The topological polar surface area (TPSA) is 115 Å². The summed E-state index contributed by atoms with van der Waals surface area (Å²) in [7, 11) is 0. The smallest absolute Gasteiger partial charge is 0.239 e. The third-order valence-corrected chi connectivity index (χ3v) is 5.47. The number of aryl methyl sites for hydroxylation is 3. The van der Waals surface area contributed by atoms with Gasteiger partial charge in [-0.1, -0.05) is 0 Å². The summed E-state index contributed by atoms with van der Waals surface area (Å²) in [5.74, 6) is 3.03. The van der Waals surface area contributed by atoms with Gasteiger partial charge in [0.15, 0.2) is 17.4 Å². The van der Waals surface area contributed by atoms with Crippen LogP contribution in [0.2, 0.25) is 0 Å². The van der Waals surface area contributed by atoms with Crippen molar-refractivity contribution in [1.82, 2.24) is 24.6 Å². The number of nitrogens with one attached hydrogen (secondary N) is 1. The Morgan fingerprint density at radius 3 is 2.77 bits per heavy atom. The van der Waals surface area contributed by atoms with Crippen LogP contribution < -0.4 is 11.1 Å².